The van der Waals surface area contributed by atoms with E-state index in [0.717, 1.165) is 12.1 Å². The molecule has 0 spiro atoms. The molecule has 24 heavy (non-hydrogen) atoms. The predicted octanol–water partition coefficient (Wildman–Crippen LogP) is 0.824. The maximum Gasteiger partial charge on any atom is 0.409 e. The number of amides is 1. The van der Waals surface area contributed by atoms with Crippen LogP contribution in [0.1, 0.15) is 5.82 Å². The molecule has 0 N–H and O–H groups in total. The second-order valence-electron chi connectivity index (χ2n) is 5.34. The lowest BCUT2D eigenvalue weighted by molar-refractivity contribution is 0.0878. The highest BCUT2D eigenvalue weighted by Crippen LogP contribution is 2.14. The maximum atomic E-state index is 13.4. The molecular formula is C14H16F2N6O2. The standard InChI is InChI=1S/C14H16F2N6O2/c1-24-14(23)21-6-4-20(5-7-21)9-13-17-18-19-22(13)10-2-3-11(15)12(16)8-10/h2-3,8H,4-7,9H2,1H3. The van der Waals surface area contributed by atoms with E-state index in [1.54, 1.807) is 4.90 Å². The Morgan fingerprint density at radius 3 is 2.62 bits per heavy atom. The van der Waals surface area contributed by atoms with Crippen LogP contribution in [0.15, 0.2) is 18.2 Å². The van der Waals surface area contributed by atoms with Gasteiger partial charge >= 0.3 is 6.09 Å². The molecule has 3 rings (SSSR count). The second kappa shape index (κ2) is 6.87. The van der Waals surface area contributed by atoms with E-state index in [1.165, 1.54) is 17.9 Å². The van der Waals surface area contributed by atoms with Gasteiger partial charge in [0.2, 0.25) is 0 Å². The molecule has 1 aliphatic heterocycles. The van der Waals surface area contributed by atoms with Crippen LogP contribution in [-0.2, 0) is 11.3 Å². The average molecular weight is 338 g/mol. The van der Waals surface area contributed by atoms with Gasteiger partial charge in [-0.2, -0.15) is 4.68 Å². The number of tetrazole rings is 1. The summed E-state index contributed by atoms with van der Waals surface area (Å²) in [7, 11) is 1.35. The molecule has 0 bridgehead atoms. The fourth-order valence-corrected chi connectivity index (χ4v) is 2.54. The van der Waals surface area contributed by atoms with E-state index in [1.807, 2.05) is 0 Å². The van der Waals surface area contributed by atoms with Crippen molar-refractivity contribution in [3.05, 3.63) is 35.7 Å². The Labute approximate surface area is 136 Å². The van der Waals surface area contributed by atoms with Gasteiger partial charge in [0.05, 0.1) is 19.3 Å². The van der Waals surface area contributed by atoms with E-state index >= 15 is 0 Å². The van der Waals surface area contributed by atoms with Crippen LogP contribution in [0.25, 0.3) is 5.69 Å². The Morgan fingerprint density at radius 2 is 1.96 bits per heavy atom. The topological polar surface area (TPSA) is 76.4 Å². The van der Waals surface area contributed by atoms with Gasteiger partial charge in [-0.15, -0.1) is 5.10 Å². The minimum Gasteiger partial charge on any atom is -0.453 e. The predicted molar refractivity (Wildman–Crippen MR) is 78.3 cm³/mol. The number of carbonyl (C=O) groups is 1. The monoisotopic (exact) mass is 338 g/mol. The van der Waals surface area contributed by atoms with Crippen LogP contribution in [0.4, 0.5) is 13.6 Å². The zero-order valence-corrected chi connectivity index (χ0v) is 13.0. The number of benzene rings is 1. The highest BCUT2D eigenvalue weighted by atomic mass is 19.2. The first kappa shape index (κ1) is 16.2. The first-order chi connectivity index (χ1) is 11.6. The lowest BCUT2D eigenvalue weighted by Gasteiger charge is -2.33. The van der Waals surface area contributed by atoms with Crippen LogP contribution in [0.2, 0.25) is 0 Å². The smallest absolute Gasteiger partial charge is 0.409 e. The molecule has 10 heteroatoms. The number of ether oxygens (including phenoxy) is 1. The number of halogens is 2. The molecule has 2 aromatic rings. The molecule has 2 heterocycles. The van der Waals surface area contributed by atoms with E-state index in [-0.39, 0.29) is 6.09 Å². The van der Waals surface area contributed by atoms with Crippen molar-refractivity contribution < 1.29 is 18.3 Å². The number of hydrogen-bond donors (Lipinski definition) is 0. The second-order valence-corrected chi connectivity index (χ2v) is 5.34. The summed E-state index contributed by atoms with van der Waals surface area (Å²) in [6, 6.07) is 3.49. The molecule has 8 nitrogen and oxygen atoms in total. The maximum absolute atomic E-state index is 13.4. The van der Waals surface area contributed by atoms with Gasteiger partial charge < -0.3 is 9.64 Å². The van der Waals surface area contributed by atoms with Crippen LogP contribution in [0.3, 0.4) is 0 Å². The largest absolute Gasteiger partial charge is 0.453 e. The number of aromatic nitrogens is 4. The van der Waals surface area contributed by atoms with Crippen molar-refractivity contribution in [2.45, 2.75) is 6.54 Å². The van der Waals surface area contributed by atoms with E-state index in [4.69, 9.17) is 4.74 Å². The van der Waals surface area contributed by atoms with Crippen LogP contribution in [0, 0.1) is 11.6 Å². The van der Waals surface area contributed by atoms with Crippen molar-refractivity contribution >= 4 is 6.09 Å². The number of piperazine rings is 1. The Bertz CT molecular complexity index is 730. The average Bonchev–Trinajstić information content (AvgIpc) is 3.05. The lowest BCUT2D eigenvalue weighted by atomic mass is 10.3. The number of methoxy groups -OCH3 is 1. The van der Waals surface area contributed by atoms with Crippen molar-refractivity contribution in [1.82, 2.24) is 30.0 Å². The Kier molecular flexibility index (Phi) is 4.65. The molecule has 1 amide bonds. The summed E-state index contributed by atoms with van der Waals surface area (Å²) in [6.45, 7) is 2.79. The van der Waals surface area contributed by atoms with Crippen LogP contribution >= 0.6 is 0 Å². The summed E-state index contributed by atoms with van der Waals surface area (Å²) in [5, 5.41) is 11.4. The highest BCUT2D eigenvalue weighted by molar-refractivity contribution is 5.67. The third kappa shape index (κ3) is 3.32. The molecule has 1 aromatic heterocycles. The summed E-state index contributed by atoms with van der Waals surface area (Å²) in [4.78, 5) is 15.2. The molecule has 1 fully saturated rings. The quantitative estimate of drug-likeness (QED) is 0.825. The summed E-state index contributed by atoms with van der Waals surface area (Å²) < 4.78 is 32.5. The van der Waals surface area contributed by atoms with Crippen molar-refractivity contribution in [3.63, 3.8) is 0 Å². The number of nitrogens with zero attached hydrogens (tertiary/aromatic N) is 6. The summed E-state index contributed by atoms with van der Waals surface area (Å²) >= 11 is 0. The highest BCUT2D eigenvalue weighted by Gasteiger charge is 2.23. The van der Waals surface area contributed by atoms with E-state index in [0.29, 0.717) is 44.2 Å². The molecule has 0 radical (unpaired) electrons. The fourth-order valence-electron chi connectivity index (χ4n) is 2.54. The van der Waals surface area contributed by atoms with Gasteiger partial charge in [0.1, 0.15) is 0 Å². The Hall–Kier alpha value is -2.62. The van der Waals surface area contributed by atoms with Gasteiger partial charge in [-0.1, -0.05) is 0 Å². The third-order valence-corrected chi connectivity index (χ3v) is 3.85. The molecule has 0 atom stereocenters. The van der Waals surface area contributed by atoms with Crippen molar-refractivity contribution in [3.8, 4) is 5.69 Å². The number of carbonyl (C=O) groups excluding carboxylic acids is 1. The third-order valence-electron chi connectivity index (χ3n) is 3.85. The van der Waals surface area contributed by atoms with Crippen LogP contribution in [0.5, 0.6) is 0 Å². The zero-order valence-electron chi connectivity index (χ0n) is 13.0. The molecule has 1 aromatic carbocycles. The molecule has 1 aliphatic rings. The first-order valence-corrected chi connectivity index (χ1v) is 7.36. The Balaban J connectivity index is 1.68. The molecular weight excluding hydrogens is 322 g/mol. The lowest BCUT2D eigenvalue weighted by Crippen LogP contribution is -2.48. The SMILES string of the molecule is COC(=O)N1CCN(Cc2nnnn2-c2ccc(F)c(F)c2)CC1. The van der Waals surface area contributed by atoms with Gasteiger partial charge in [0.15, 0.2) is 17.5 Å². The normalized spacial score (nSPS) is 15.5. The zero-order chi connectivity index (χ0) is 17.1. The van der Waals surface area contributed by atoms with Gasteiger partial charge in [-0.25, -0.2) is 13.6 Å². The van der Waals surface area contributed by atoms with Crippen LogP contribution in [-0.4, -0.2) is 69.4 Å². The van der Waals surface area contributed by atoms with Gasteiger partial charge in [0, 0.05) is 32.2 Å². The molecule has 1 saturated heterocycles. The first-order valence-electron chi connectivity index (χ1n) is 7.36. The van der Waals surface area contributed by atoms with Gasteiger partial charge in [-0.05, 0) is 22.6 Å². The fraction of sp³-hybridized carbons (Fsp3) is 0.429. The summed E-state index contributed by atoms with van der Waals surface area (Å²) in [5.41, 5.74) is 0.349. The van der Waals surface area contributed by atoms with Crippen molar-refractivity contribution in [1.29, 1.82) is 0 Å². The van der Waals surface area contributed by atoms with Gasteiger partial charge in [0.25, 0.3) is 0 Å². The van der Waals surface area contributed by atoms with Crippen molar-refractivity contribution in [2.75, 3.05) is 33.3 Å². The number of hydrogen-bond acceptors (Lipinski definition) is 6. The van der Waals surface area contributed by atoms with E-state index < -0.39 is 11.6 Å². The summed E-state index contributed by atoms with van der Waals surface area (Å²) in [5.74, 6) is -1.37. The molecule has 0 aliphatic carbocycles. The van der Waals surface area contributed by atoms with E-state index in [2.05, 4.69) is 20.4 Å². The molecule has 128 valence electrons. The van der Waals surface area contributed by atoms with Crippen LogP contribution < -0.4 is 0 Å². The minimum absolute atomic E-state index is 0.346. The summed E-state index contributed by atoms with van der Waals surface area (Å²) in [6.07, 6.45) is -0.346. The molecule has 0 unspecified atom stereocenters. The minimum atomic E-state index is -0.958. The Morgan fingerprint density at radius 1 is 1.21 bits per heavy atom. The van der Waals surface area contributed by atoms with E-state index in [9.17, 15) is 13.6 Å². The van der Waals surface area contributed by atoms with Crippen molar-refractivity contribution in [2.24, 2.45) is 0 Å². The number of rotatable bonds is 3. The van der Waals surface area contributed by atoms with Gasteiger partial charge in [-0.3, -0.25) is 4.90 Å². The molecule has 0 saturated carbocycles.